The van der Waals surface area contributed by atoms with E-state index in [1.807, 2.05) is 36.0 Å². The Morgan fingerprint density at radius 1 is 1.10 bits per heavy atom. The van der Waals surface area contributed by atoms with Crippen molar-refractivity contribution < 1.29 is 9.18 Å². The van der Waals surface area contributed by atoms with Crippen LogP contribution in [0.1, 0.15) is 17.1 Å². The molecule has 0 spiro atoms. The van der Waals surface area contributed by atoms with Crippen molar-refractivity contribution in [3.8, 4) is 11.3 Å². The molecule has 4 aromatic rings. The number of carbonyl (C=O) groups excluding carboxylic acids is 1. The molecule has 3 aromatic heterocycles. The molecule has 7 nitrogen and oxygen atoms in total. The lowest BCUT2D eigenvalue weighted by molar-refractivity contribution is -0.122. The highest BCUT2D eigenvalue weighted by Crippen LogP contribution is 2.20. The van der Waals surface area contributed by atoms with Gasteiger partial charge in [0.05, 0.1) is 12.2 Å². The fourth-order valence-electron chi connectivity index (χ4n) is 3.15. The number of imidazole rings is 1. The number of benzene rings is 1. The van der Waals surface area contributed by atoms with Gasteiger partial charge in [0.15, 0.2) is 0 Å². The molecule has 0 saturated heterocycles. The maximum atomic E-state index is 13.2. The molecule has 1 aromatic carbocycles. The predicted molar refractivity (Wildman–Crippen MR) is 110 cm³/mol. The van der Waals surface area contributed by atoms with Crippen molar-refractivity contribution in [2.24, 2.45) is 7.05 Å². The topological polar surface area (TPSA) is 77.6 Å². The lowest BCUT2D eigenvalue weighted by Gasteiger charge is -2.09. The molecule has 0 saturated carbocycles. The Bertz CT molecular complexity index is 1130. The number of halogens is 1. The molecule has 0 aliphatic rings. The van der Waals surface area contributed by atoms with Gasteiger partial charge < -0.3 is 9.88 Å². The first kappa shape index (κ1) is 19.5. The van der Waals surface area contributed by atoms with Gasteiger partial charge in [-0.15, -0.1) is 0 Å². The zero-order valence-corrected chi connectivity index (χ0v) is 16.5. The third-order valence-corrected chi connectivity index (χ3v) is 4.80. The van der Waals surface area contributed by atoms with Crippen LogP contribution in [-0.2, 0) is 31.4 Å². The van der Waals surface area contributed by atoms with E-state index in [-0.39, 0.29) is 18.3 Å². The van der Waals surface area contributed by atoms with E-state index < -0.39 is 0 Å². The molecule has 0 bridgehead atoms. The van der Waals surface area contributed by atoms with Crippen molar-refractivity contribution >= 4 is 5.91 Å². The monoisotopic (exact) mass is 404 g/mol. The van der Waals surface area contributed by atoms with E-state index >= 15 is 0 Å². The number of hydrogen-bond acceptors (Lipinski definition) is 4. The minimum Gasteiger partial charge on any atom is -0.347 e. The Morgan fingerprint density at radius 2 is 1.87 bits per heavy atom. The van der Waals surface area contributed by atoms with Crippen LogP contribution in [0.4, 0.5) is 4.39 Å². The number of aryl methyl sites for hydroxylation is 1. The minimum absolute atomic E-state index is 0.0754. The molecule has 4 rings (SSSR count). The number of aromatic nitrogens is 5. The zero-order valence-electron chi connectivity index (χ0n) is 16.5. The van der Waals surface area contributed by atoms with E-state index in [4.69, 9.17) is 0 Å². The van der Waals surface area contributed by atoms with Crippen LogP contribution in [0.3, 0.4) is 0 Å². The average Bonchev–Trinajstić information content (AvgIpc) is 3.35. The Balaban J connectivity index is 1.54. The van der Waals surface area contributed by atoms with E-state index in [0.717, 1.165) is 28.3 Å². The molecule has 0 atom stereocenters. The number of hydrogen-bond donors (Lipinski definition) is 1. The molecule has 1 amide bonds. The number of nitrogens with zero attached hydrogens (tertiary/aromatic N) is 5. The molecule has 152 valence electrons. The van der Waals surface area contributed by atoms with Crippen molar-refractivity contribution in [2.45, 2.75) is 19.5 Å². The number of pyridine rings is 1. The van der Waals surface area contributed by atoms with Crippen LogP contribution < -0.4 is 5.32 Å². The van der Waals surface area contributed by atoms with Crippen molar-refractivity contribution in [2.75, 3.05) is 0 Å². The molecule has 30 heavy (non-hydrogen) atoms. The van der Waals surface area contributed by atoms with Gasteiger partial charge in [0.25, 0.3) is 0 Å². The van der Waals surface area contributed by atoms with E-state index in [9.17, 15) is 9.18 Å². The molecule has 1 N–H and O–H groups in total. The Hall–Kier alpha value is -3.81. The molecular formula is C22H21FN6O. The van der Waals surface area contributed by atoms with Gasteiger partial charge >= 0.3 is 0 Å². The van der Waals surface area contributed by atoms with Crippen LogP contribution in [0.25, 0.3) is 11.3 Å². The highest BCUT2D eigenvalue weighted by Gasteiger charge is 2.14. The highest BCUT2D eigenvalue weighted by atomic mass is 19.1. The maximum absolute atomic E-state index is 13.2. The van der Waals surface area contributed by atoms with E-state index in [1.165, 1.54) is 12.1 Å². The Labute approximate surface area is 173 Å². The van der Waals surface area contributed by atoms with Crippen molar-refractivity contribution in [1.82, 2.24) is 29.6 Å². The van der Waals surface area contributed by atoms with E-state index in [2.05, 4.69) is 20.4 Å². The minimum atomic E-state index is -0.279. The van der Waals surface area contributed by atoms with Crippen LogP contribution in [0.2, 0.25) is 0 Å². The number of nitrogens with one attached hydrogen (secondary N) is 1. The zero-order chi connectivity index (χ0) is 20.9. The second-order valence-corrected chi connectivity index (χ2v) is 6.95. The number of rotatable bonds is 7. The van der Waals surface area contributed by atoms with Crippen LogP contribution in [0, 0.1) is 5.82 Å². The second-order valence-electron chi connectivity index (χ2n) is 6.95. The third kappa shape index (κ3) is 4.60. The van der Waals surface area contributed by atoms with Crippen molar-refractivity contribution in [3.63, 3.8) is 0 Å². The summed E-state index contributed by atoms with van der Waals surface area (Å²) in [7, 11) is 1.88. The average molecular weight is 404 g/mol. The van der Waals surface area contributed by atoms with Gasteiger partial charge in [0.2, 0.25) is 5.91 Å². The van der Waals surface area contributed by atoms with Crippen LogP contribution in [-0.4, -0.2) is 30.2 Å². The summed E-state index contributed by atoms with van der Waals surface area (Å²) in [5.41, 5.74) is 3.47. The summed E-state index contributed by atoms with van der Waals surface area (Å²) in [6.45, 7) is 0.417. The molecule has 3 heterocycles. The van der Waals surface area contributed by atoms with Gasteiger partial charge in [-0.1, -0.05) is 12.1 Å². The summed E-state index contributed by atoms with van der Waals surface area (Å²) < 4.78 is 16.8. The summed E-state index contributed by atoms with van der Waals surface area (Å²) in [6.07, 6.45) is 7.46. The van der Waals surface area contributed by atoms with Crippen LogP contribution >= 0.6 is 0 Å². The summed E-state index contributed by atoms with van der Waals surface area (Å²) in [5, 5.41) is 7.51. The first-order valence-electron chi connectivity index (χ1n) is 9.53. The summed E-state index contributed by atoms with van der Waals surface area (Å²) in [5.74, 6) is 0.328. The van der Waals surface area contributed by atoms with Gasteiger partial charge in [0.1, 0.15) is 18.2 Å². The number of carbonyl (C=O) groups is 1. The lowest BCUT2D eigenvalue weighted by Crippen LogP contribution is -2.29. The summed E-state index contributed by atoms with van der Waals surface area (Å²) >= 11 is 0. The smallest absolute Gasteiger partial charge is 0.242 e. The first-order chi connectivity index (χ1) is 14.6. The quantitative estimate of drug-likeness (QED) is 0.514. The highest BCUT2D eigenvalue weighted by molar-refractivity contribution is 5.75. The Kier molecular flexibility index (Phi) is 5.65. The summed E-state index contributed by atoms with van der Waals surface area (Å²) in [6, 6.07) is 12.0. The van der Waals surface area contributed by atoms with Gasteiger partial charge in [0, 0.05) is 49.5 Å². The SMILES string of the molecule is Cn1ccnc1CNC(=O)Cn1nc(-c2ccncc2)cc1Cc1ccc(F)cc1. The molecular weight excluding hydrogens is 383 g/mol. The fraction of sp³-hybridized carbons (Fsp3) is 0.182. The normalized spacial score (nSPS) is 10.9. The fourth-order valence-corrected chi connectivity index (χ4v) is 3.15. The van der Waals surface area contributed by atoms with Crippen molar-refractivity contribution in [3.05, 3.63) is 90.2 Å². The molecule has 8 heteroatoms. The summed E-state index contributed by atoms with van der Waals surface area (Å²) in [4.78, 5) is 20.8. The van der Waals surface area contributed by atoms with Crippen LogP contribution in [0.5, 0.6) is 0 Å². The Morgan fingerprint density at radius 3 is 2.57 bits per heavy atom. The third-order valence-electron chi connectivity index (χ3n) is 4.80. The molecule has 0 unspecified atom stereocenters. The van der Waals surface area contributed by atoms with Gasteiger partial charge in [-0.2, -0.15) is 5.10 Å². The van der Waals surface area contributed by atoms with Crippen molar-refractivity contribution in [1.29, 1.82) is 0 Å². The van der Waals surface area contributed by atoms with E-state index in [0.29, 0.717) is 13.0 Å². The van der Waals surface area contributed by atoms with Gasteiger partial charge in [-0.05, 0) is 35.9 Å². The first-order valence-corrected chi connectivity index (χ1v) is 9.53. The molecule has 0 aliphatic carbocycles. The maximum Gasteiger partial charge on any atom is 0.242 e. The molecule has 0 radical (unpaired) electrons. The standard InChI is InChI=1S/C22H21FN6O/c1-28-11-10-25-21(28)14-26-22(30)15-29-19(12-16-2-4-18(23)5-3-16)13-20(27-29)17-6-8-24-9-7-17/h2-11,13H,12,14-15H2,1H3,(H,26,30). The predicted octanol–water partition coefficient (Wildman–Crippen LogP) is 2.72. The van der Waals surface area contributed by atoms with Gasteiger partial charge in [-0.3, -0.25) is 14.5 Å². The largest absolute Gasteiger partial charge is 0.347 e. The van der Waals surface area contributed by atoms with Gasteiger partial charge in [-0.25, -0.2) is 9.37 Å². The van der Waals surface area contributed by atoms with E-state index in [1.54, 1.807) is 35.4 Å². The number of amides is 1. The molecule has 0 fully saturated rings. The van der Waals surface area contributed by atoms with Crippen LogP contribution in [0.15, 0.2) is 67.3 Å². The second kappa shape index (κ2) is 8.69. The molecule has 0 aliphatic heterocycles. The lowest BCUT2D eigenvalue weighted by atomic mass is 10.1.